The maximum atomic E-state index is 11.1. The second-order valence-corrected chi connectivity index (χ2v) is 4.45. The predicted octanol–water partition coefficient (Wildman–Crippen LogP) is 3.70. The highest BCUT2D eigenvalue weighted by Gasteiger charge is 2.07. The van der Waals surface area contributed by atoms with Gasteiger partial charge in [-0.05, 0) is 43.5 Å². The van der Waals surface area contributed by atoms with Crippen molar-refractivity contribution in [1.82, 2.24) is 0 Å². The van der Waals surface area contributed by atoms with Gasteiger partial charge in [-0.15, -0.1) is 0 Å². The first kappa shape index (κ1) is 13.0. The molecule has 0 aliphatic heterocycles. The fourth-order valence-electron chi connectivity index (χ4n) is 1.29. The largest absolute Gasteiger partial charge is 0.355 e. The first-order chi connectivity index (χ1) is 7.54. The van der Waals surface area contributed by atoms with Gasteiger partial charge in [-0.3, -0.25) is 9.78 Å². The van der Waals surface area contributed by atoms with E-state index in [-0.39, 0.29) is 5.97 Å². The Hall–Kier alpha value is -1.03. The molecule has 1 rings (SSSR count). The lowest BCUT2D eigenvalue weighted by atomic mass is 10.1. The molecule has 4 heteroatoms. The minimum Gasteiger partial charge on any atom is -0.287 e. The Labute approximate surface area is 104 Å². The molecule has 88 valence electrons. The van der Waals surface area contributed by atoms with Crippen molar-refractivity contribution in [2.24, 2.45) is 0 Å². The Kier molecular flexibility index (Phi) is 4.80. The molecule has 0 bridgehead atoms. The Balaban J connectivity index is 2.65. The number of carbonyl (C=O) groups excluding carboxylic acids is 1. The highest BCUT2D eigenvalue weighted by Crippen LogP contribution is 2.26. The molecule has 0 spiro atoms. The van der Waals surface area contributed by atoms with E-state index >= 15 is 0 Å². The van der Waals surface area contributed by atoms with Crippen LogP contribution in [0.3, 0.4) is 0 Å². The fraction of sp³-hybridized carbons (Fsp3) is 0.417. The number of hydrogen-bond donors (Lipinski definition) is 0. The Morgan fingerprint density at radius 1 is 1.31 bits per heavy atom. The van der Waals surface area contributed by atoms with Gasteiger partial charge in [0.2, 0.25) is 0 Å². The average molecular weight is 287 g/mol. The molecule has 0 N–H and O–H groups in total. The summed E-state index contributed by atoms with van der Waals surface area (Å²) in [6.45, 7) is 5.82. The van der Waals surface area contributed by atoms with Crippen LogP contribution in [0, 0.1) is 13.8 Å². The third kappa shape index (κ3) is 3.52. The SMILES string of the molecule is CCCC(=O)OOc1cc(C)c(Br)c(C)c1. The molecule has 0 aliphatic rings. The van der Waals surface area contributed by atoms with Gasteiger partial charge in [-0.2, -0.15) is 0 Å². The van der Waals surface area contributed by atoms with Gasteiger partial charge in [0.1, 0.15) is 0 Å². The van der Waals surface area contributed by atoms with E-state index in [2.05, 4.69) is 20.8 Å². The van der Waals surface area contributed by atoms with E-state index in [9.17, 15) is 4.79 Å². The van der Waals surface area contributed by atoms with Crippen LogP contribution in [0.1, 0.15) is 30.9 Å². The van der Waals surface area contributed by atoms with E-state index in [0.717, 1.165) is 22.0 Å². The highest BCUT2D eigenvalue weighted by atomic mass is 79.9. The number of carbonyl (C=O) groups is 1. The molecule has 16 heavy (non-hydrogen) atoms. The van der Waals surface area contributed by atoms with Crippen LogP contribution in [0.25, 0.3) is 0 Å². The highest BCUT2D eigenvalue weighted by molar-refractivity contribution is 9.10. The molecule has 0 aliphatic carbocycles. The van der Waals surface area contributed by atoms with Crippen LogP contribution in [0.4, 0.5) is 0 Å². The summed E-state index contributed by atoms with van der Waals surface area (Å²) >= 11 is 3.45. The van der Waals surface area contributed by atoms with Crippen LogP contribution in [-0.2, 0) is 9.68 Å². The maximum Gasteiger partial charge on any atom is 0.355 e. The Morgan fingerprint density at radius 3 is 2.38 bits per heavy atom. The summed E-state index contributed by atoms with van der Waals surface area (Å²) in [7, 11) is 0. The summed E-state index contributed by atoms with van der Waals surface area (Å²) in [6, 6.07) is 3.63. The normalized spacial score (nSPS) is 10.0. The number of benzene rings is 1. The molecular formula is C12H15BrO3. The van der Waals surface area contributed by atoms with Crippen LogP contribution < -0.4 is 4.89 Å². The van der Waals surface area contributed by atoms with Crippen molar-refractivity contribution in [3.8, 4) is 5.75 Å². The van der Waals surface area contributed by atoms with Crippen LogP contribution >= 0.6 is 15.9 Å². The first-order valence-corrected chi connectivity index (χ1v) is 5.98. The van der Waals surface area contributed by atoms with Crippen molar-refractivity contribution in [1.29, 1.82) is 0 Å². The molecule has 0 fully saturated rings. The predicted molar refractivity (Wildman–Crippen MR) is 65.2 cm³/mol. The molecule has 0 amide bonds. The quantitative estimate of drug-likeness (QED) is 0.625. The minimum absolute atomic E-state index is 0.347. The monoisotopic (exact) mass is 286 g/mol. The van der Waals surface area contributed by atoms with E-state index in [1.54, 1.807) is 0 Å². The molecular weight excluding hydrogens is 272 g/mol. The van der Waals surface area contributed by atoms with Crippen LogP contribution in [0.5, 0.6) is 5.75 Å². The van der Waals surface area contributed by atoms with E-state index < -0.39 is 0 Å². The van der Waals surface area contributed by atoms with Gasteiger partial charge >= 0.3 is 5.97 Å². The standard InChI is InChI=1S/C12H15BrO3/c1-4-5-11(14)16-15-10-6-8(2)12(13)9(3)7-10/h6-7H,4-5H2,1-3H3. The molecule has 0 atom stereocenters. The van der Waals surface area contributed by atoms with Crippen LogP contribution in [0.15, 0.2) is 16.6 Å². The van der Waals surface area contributed by atoms with E-state index in [1.807, 2.05) is 32.9 Å². The molecule has 0 saturated carbocycles. The van der Waals surface area contributed by atoms with Crippen molar-refractivity contribution in [2.45, 2.75) is 33.6 Å². The maximum absolute atomic E-state index is 11.1. The van der Waals surface area contributed by atoms with Crippen molar-refractivity contribution in [3.63, 3.8) is 0 Å². The minimum atomic E-state index is -0.347. The average Bonchev–Trinajstić information content (AvgIpc) is 2.23. The summed E-state index contributed by atoms with van der Waals surface area (Å²) in [5.74, 6) is 0.198. The summed E-state index contributed by atoms with van der Waals surface area (Å²) < 4.78 is 1.04. The van der Waals surface area contributed by atoms with Crippen LogP contribution in [-0.4, -0.2) is 5.97 Å². The molecule has 0 heterocycles. The zero-order valence-electron chi connectivity index (χ0n) is 9.67. The van der Waals surface area contributed by atoms with E-state index in [1.165, 1.54) is 0 Å². The Bertz CT molecular complexity index is 365. The van der Waals surface area contributed by atoms with Gasteiger partial charge < -0.3 is 0 Å². The second-order valence-electron chi connectivity index (χ2n) is 3.66. The zero-order valence-corrected chi connectivity index (χ0v) is 11.3. The lowest BCUT2D eigenvalue weighted by Crippen LogP contribution is -2.07. The van der Waals surface area contributed by atoms with Gasteiger partial charge in [-0.25, -0.2) is 4.79 Å². The number of hydrogen-bond acceptors (Lipinski definition) is 3. The third-order valence-corrected chi connectivity index (χ3v) is 3.35. The summed E-state index contributed by atoms with van der Waals surface area (Å²) in [4.78, 5) is 20.7. The second kappa shape index (κ2) is 5.89. The number of halogens is 1. The molecule has 1 aromatic carbocycles. The van der Waals surface area contributed by atoms with Crippen molar-refractivity contribution in [3.05, 3.63) is 27.7 Å². The topological polar surface area (TPSA) is 35.5 Å². The molecule has 0 unspecified atom stereocenters. The van der Waals surface area contributed by atoms with Crippen LogP contribution in [0.2, 0.25) is 0 Å². The van der Waals surface area contributed by atoms with Gasteiger partial charge in [0.25, 0.3) is 0 Å². The Morgan fingerprint density at radius 2 is 1.88 bits per heavy atom. The fourth-order valence-corrected chi connectivity index (χ4v) is 1.52. The van der Waals surface area contributed by atoms with Gasteiger partial charge in [0.15, 0.2) is 5.75 Å². The lowest BCUT2D eigenvalue weighted by molar-refractivity contribution is -0.213. The van der Waals surface area contributed by atoms with Gasteiger partial charge in [-0.1, -0.05) is 22.9 Å². The molecule has 3 nitrogen and oxygen atoms in total. The molecule has 0 saturated heterocycles. The van der Waals surface area contributed by atoms with E-state index in [4.69, 9.17) is 4.89 Å². The molecule has 0 aromatic heterocycles. The summed E-state index contributed by atoms with van der Waals surface area (Å²) in [5, 5.41) is 0. The number of aryl methyl sites for hydroxylation is 2. The number of rotatable bonds is 4. The van der Waals surface area contributed by atoms with Gasteiger partial charge in [0, 0.05) is 10.9 Å². The molecule has 0 radical (unpaired) electrons. The van der Waals surface area contributed by atoms with Gasteiger partial charge in [0.05, 0.1) is 0 Å². The van der Waals surface area contributed by atoms with Crippen molar-refractivity contribution in [2.75, 3.05) is 0 Å². The summed E-state index contributed by atoms with van der Waals surface area (Å²) in [6.07, 6.45) is 1.12. The lowest BCUT2D eigenvalue weighted by Gasteiger charge is -2.07. The van der Waals surface area contributed by atoms with E-state index in [0.29, 0.717) is 12.2 Å². The third-order valence-electron chi connectivity index (χ3n) is 2.09. The van der Waals surface area contributed by atoms with Crippen molar-refractivity contribution < 1.29 is 14.6 Å². The smallest absolute Gasteiger partial charge is 0.287 e. The summed E-state index contributed by atoms with van der Waals surface area (Å²) in [5.41, 5.74) is 2.09. The first-order valence-electron chi connectivity index (χ1n) is 5.18. The van der Waals surface area contributed by atoms with Crippen molar-refractivity contribution >= 4 is 21.9 Å². The zero-order chi connectivity index (χ0) is 12.1. The molecule has 1 aromatic rings.